The Morgan fingerprint density at radius 2 is 2.09 bits per heavy atom. The molecule has 2 aliphatic carbocycles. The van der Waals surface area contributed by atoms with Gasteiger partial charge >= 0.3 is 0 Å². The van der Waals surface area contributed by atoms with Gasteiger partial charge in [0, 0.05) is 0 Å². The molecule has 2 rings (SSSR count). The summed E-state index contributed by atoms with van der Waals surface area (Å²) in [7, 11) is 0. The average molecular weight is 150 g/mol. The molecular formula is C11H18. The zero-order valence-corrected chi connectivity index (χ0v) is 7.47. The maximum atomic E-state index is 2.58. The van der Waals surface area contributed by atoms with Crippen LogP contribution < -0.4 is 0 Å². The zero-order valence-electron chi connectivity index (χ0n) is 7.47. The highest BCUT2D eigenvalue weighted by Crippen LogP contribution is 2.42. The van der Waals surface area contributed by atoms with Crippen molar-refractivity contribution >= 4 is 0 Å². The van der Waals surface area contributed by atoms with E-state index in [1.54, 1.807) is 5.57 Å². The first-order chi connectivity index (χ1) is 5.40. The molecule has 0 saturated heterocycles. The molecule has 0 aliphatic heterocycles. The van der Waals surface area contributed by atoms with Crippen LogP contribution in [0.2, 0.25) is 0 Å². The normalized spacial score (nSPS) is 35.0. The fraction of sp³-hybridized carbons (Fsp3) is 0.818. The monoisotopic (exact) mass is 150 g/mol. The van der Waals surface area contributed by atoms with Crippen molar-refractivity contribution in [1.29, 1.82) is 0 Å². The quantitative estimate of drug-likeness (QED) is 0.528. The van der Waals surface area contributed by atoms with Crippen LogP contribution in [0.25, 0.3) is 0 Å². The number of hydrogen-bond acceptors (Lipinski definition) is 0. The second-order valence-electron chi connectivity index (χ2n) is 4.10. The minimum absolute atomic E-state index is 0.974. The SMILES string of the molecule is CCC1C/C1=C\C1CCCC1. The van der Waals surface area contributed by atoms with Crippen molar-refractivity contribution in [2.45, 2.75) is 45.4 Å². The number of rotatable bonds is 2. The topological polar surface area (TPSA) is 0 Å². The van der Waals surface area contributed by atoms with Gasteiger partial charge in [-0.3, -0.25) is 0 Å². The van der Waals surface area contributed by atoms with E-state index in [-0.39, 0.29) is 0 Å². The van der Waals surface area contributed by atoms with Crippen LogP contribution >= 0.6 is 0 Å². The summed E-state index contributed by atoms with van der Waals surface area (Å²) in [4.78, 5) is 0. The van der Waals surface area contributed by atoms with E-state index < -0.39 is 0 Å². The lowest BCUT2D eigenvalue weighted by Gasteiger charge is -1.98. The van der Waals surface area contributed by atoms with E-state index in [0.29, 0.717) is 0 Å². The van der Waals surface area contributed by atoms with Crippen LogP contribution in [0.1, 0.15) is 45.4 Å². The molecular weight excluding hydrogens is 132 g/mol. The molecule has 0 amide bonds. The van der Waals surface area contributed by atoms with Crippen LogP contribution in [-0.2, 0) is 0 Å². The molecule has 0 radical (unpaired) electrons. The van der Waals surface area contributed by atoms with Gasteiger partial charge in [0.25, 0.3) is 0 Å². The molecule has 0 aromatic carbocycles. The van der Waals surface area contributed by atoms with Gasteiger partial charge < -0.3 is 0 Å². The fourth-order valence-electron chi connectivity index (χ4n) is 2.26. The summed E-state index contributed by atoms with van der Waals surface area (Å²) >= 11 is 0. The predicted octanol–water partition coefficient (Wildman–Crippen LogP) is 3.53. The number of allylic oxidation sites excluding steroid dienone is 2. The molecule has 1 unspecified atom stereocenters. The maximum absolute atomic E-state index is 2.58. The van der Waals surface area contributed by atoms with E-state index in [0.717, 1.165) is 11.8 Å². The molecule has 0 aromatic rings. The zero-order chi connectivity index (χ0) is 7.68. The van der Waals surface area contributed by atoms with Crippen molar-refractivity contribution in [3.05, 3.63) is 11.6 Å². The Morgan fingerprint density at radius 1 is 1.36 bits per heavy atom. The Hall–Kier alpha value is -0.260. The standard InChI is InChI=1S/C11H18/c1-2-10-8-11(10)7-9-5-3-4-6-9/h7,9-10H,2-6,8H2,1H3/b11-7+. The van der Waals surface area contributed by atoms with E-state index in [1.807, 2.05) is 0 Å². The summed E-state index contributed by atoms with van der Waals surface area (Å²) in [5.74, 6) is 1.97. The molecule has 0 heteroatoms. The van der Waals surface area contributed by atoms with Crippen LogP contribution in [0.15, 0.2) is 11.6 Å². The van der Waals surface area contributed by atoms with Crippen LogP contribution in [-0.4, -0.2) is 0 Å². The van der Waals surface area contributed by atoms with Crippen molar-refractivity contribution in [1.82, 2.24) is 0 Å². The first kappa shape index (κ1) is 7.39. The van der Waals surface area contributed by atoms with E-state index in [4.69, 9.17) is 0 Å². The Balaban J connectivity index is 1.84. The predicted molar refractivity (Wildman–Crippen MR) is 48.4 cm³/mol. The second kappa shape index (κ2) is 3.00. The van der Waals surface area contributed by atoms with Crippen molar-refractivity contribution in [3.63, 3.8) is 0 Å². The fourth-order valence-corrected chi connectivity index (χ4v) is 2.26. The molecule has 2 aliphatic rings. The minimum atomic E-state index is 0.974. The third-order valence-electron chi connectivity index (χ3n) is 3.19. The molecule has 11 heavy (non-hydrogen) atoms. The van der Waals surface area contributed by atoms with E-state index in [1.165, 1.54) is 38.5 Å². The van der Waals surface area contributed by atoms with Gasteiger partial charge in [-0.1, -0.05) is 31.4 Å². The lowest BCUT2D eigenvalue weighted by atomic mass is 10.1. The molecule has 62 valence electrons. The van der Waals surface area contributed by atoms with Crippen molar-refractivity contribution < 1.29 is 0 Å². The van der Waals surface area contributed by atoms with Gasteiger partial charge in [0.1, 0.15) is 0 Å². The summed E-state index contributed by atoms with van der Waals surface area (Å²) in [5.41, 5.74) is 1.78. The van der Waals surface area contributed by atoms with E-state index in [2.05, 4.69) is 13.0 Å². The molecule has 0 bridgehead atoms. The van der Waals surface area contributed by atoms with Crippen LogP contribution in [0.3, 0.4) is 0 Å². The summed E-state index contributed by atoms with van der Waals surface area (Å²) in [5, 5.41) is 0. The van der Waals surface area contributed by atoms with Crippen LogP contribution in [0.5, 0.6) is 0 Å². The maximum Gasteiger partial charge on any atom is -0.0168 e. The number of hydrogen-bond donors (Lipinski definition) is 0. The Morgan fingerprint density at radius 3 is 2.64 bits per heavy atom. The Kier molecular flexibility index (Phi) is 2.02. The largest absolute Gasteiger partial charge is 0.0819 e. The van der Waals surface area contributed by atoms with Crippen LogP contribution in [0.4, 0.5) is 0 Å². The summed E-state index contributed by atoms with van der Waals surface area (Å²) in [6.45, 7) is 2.31. The highest BCUT2D eigenvalue weighted by atomic mass is 14.3. The summed E-state index contributed by atoms with van der Waals surface area (Å²) < 4.78 is 0. The van der Waals surface area contributed by atoms with Crippen molar-refractivity contribution in [2.75, 3.05) is 0 Å². The lowest BCUT2D eigenvalue weighted by molar-refractivity contribution is 0.681. The Labute approximate surface area is 69.7 Å². The van der Waals surface area contributed by atoms with E-state index >= 15 is 0 Å². The molecule has 2 saturated carbocycles. The highest BCUT2D eigenvalue weighted by Gasteiger charge is 2.28. The molecule has 0 N–H and O–H groups in total. The average Bonchev–Trinajstić information content (AvgIpc) is 2.54. The summed E-state index contributed by atoms with van der Waals surface area (Å²) in [6.07, 6.45) is 11.3. The van der Waals surface area contributed by atoms with E-state index in [9.17, 15) is 0 Å². The smallest absolute Gasteiger partial charge is 0.0168 e. The third-order valence-corrected chi connectivity index (χ3v) is 3.19. The Bertz CT molecular complexity index is 161. The molecule has 0 heterocycles. The minimum Gasteiger partial charge on any atom is -0.0819 e. The third kappa shape index (κ3) is 1.66. The van der Waals surface area contributed by atoms with Gasteiger partial charge in [-0.2, -0.15) is 0 Å². The molecule has 0 nitrogen and oxygen atoms in total. The lowest BCUT2D eigenvalue weighted by Crippen LogP contribution is -1.85. The van der Waals surface area contributed by atoms with Gasteiger partial charge in [0.15, 0.2) is 0 Å². The first-order valence-corrected chi connectivity index (χ1v) is 5.10. The van der Waals surface area contributed by atoms with Crippen LogP contribution in [0, 0.1) is 11.8 Å². The highest BCUT2D eigenvalue weighted by molar-refractivity contribution is 5.24. The van der Waals surface area contributed by atoms with Gasteiger partial charge in [0.05, 0.1) is 0 Å². The molecule has 0 spiro atoms. The first-order valence-electron chi connectivity index (χ1n) is 5.10. The van der Waals surface area contributed by atoms with Gasteiger partial charge in [-0.05, 0) is 37.5 Å². The molecule has 0 aromatic heterocycles. The van der Waals surface area contributed by atoms with Crippen molar-refractivity contribution in [2.24, 2.45) is 11.8 Å². The molecule has 2 fully saturated rings. The molecule has 1 atom stereocenters. The second-order valence-corrected chi connectivity index (χ2v) is 4.10. The van der Waals surface area contributed by atoms with Gasteiger partial charge in [-0.25, -0.2) is 0 Å². The van der Waals surface area contributed by atoms with Crippen molar-refractivity contribution in [3.8, 4) is 0 Å². The summed E-state index contributed by atoms with van der Waals surface area (Å²) in [6, 6.07) is 0. The van der Waals surface area contributed by atoms with Gasteiger partial charge in [0.2, 0.25) is 0 Å². The van der Waals surface area contributed by atoms with Gasteiger partial charge in [-0.15, -0.1) is 0 Å².